The first-order chi connectivity index (χ1) is 12.3. The molecule has 5 nitrogen and oxygen atoms in total. The lowest BCUT2D eigenvalue weighted by Gasteiger charge is -2.22. The van der Waals surface area contributed by atoms with Gasteiger partial charge in [-0.15, -0.1) is 0 Å². The van der Waals surface area contributed by atoms with Crippen molar-refractivity contribution in [3.05, 3.63) is 53.7 Å². The van der Waals surface area contributed by atoms with Gasteiger partial charge in [0, 0.05) is 23.9 Å². The van der Waals surface area contributed by atoms with E-state index in [9.17, 15) is 22.8 Å². The molecular weight excluding hydrogens is 347 g/mol. The molecule has 0 radical (unpaired) electrons. The van der Waals surface area contributed by atoms with Crippen molar-refractivity contribution in [3.63, 3.8) is 0 Å². The number of amides is 2. The highest BCUT2D eigenvalue weighted by Gasteiger charge is 2.30. The summed E-state index contributed by atoms with van der Waals surface area (Å²) in [6.07, 6.45) is -1.99. The first kappa shape index (κ1) is 17.9. The van der Waals surface area contributed by atoms with E-state index in [0.29, 0.717) is 24.1 Å². The standard InChI is InChI=1S/C18H16F3N3O2/c19-18(20,21)13-7-9-22-15(10-13)11-3-5-12(6-4-11)16(25)24-14-2-1-8-23-17(14)26/h3-7,9-10,14H,1-2,8H2,(H,23,26)(H,24,25)/t14-/m0/s1. The Hall–Kier alpha value is -2.90. The van der Waals surface area contributed by atoms with Crippen molar-refractivity contribution >= 4 is 11.8 Å². The minimum absolute atomic E-state index is 0.165. The quantitative estimate of drug-likeness (QED) is 0.881. The fourth-order valence-corrected chi connectivity index (χ4v) is 2.71. The molecule has 8 heteroatoms. The topological polar surface area (TPSA) is 71.1 Å². The normalized spacial score (nSPS) is 17.5. The molecule has 0 aliphatic carbocycles. The van der Waals surface area contributed by atoms with Gasteiger partial charge < -0.3 is 10.6 Å². The second-order valence-electron chi connectivity index (χ2n) is 5.96. The number of carbonyl (C=O) groups is 2. The summed E-state index contributed by atoms with van der Waals surface area (Å²) >= 11 is 0. The van der Waals surface area contributed by atoms with E-state index in [1.54, 1.807) is 0 Å². The second kappa shape index (κ2) is 7.15. The Morgan fingerprint density at radius 3 is 2.58 bits per heavy atom. The molecular formula is C18H16F3N3O2. The molecule has 26 heavy (non-hydrogen) atoms. The summed E-state index contributed by atoms with van der Waals surface area (Å²) in [7, 11) is 0. The summed E-state index contributed by atoms with van der Waals surface area (Å²) in [6.45, 7) is 0.601. The molecule has 3 rings (SSSR count). The molecule has 1 aliphatic heterocycles. The van der Waals surface area contributed by atoms with Crippen molar-refractivity contribution in [2.75, 3.05) is 6.54 Å². The first-order valence-electron chi connectivity index (χ1n) is 8.07. The zero-order valence-corrected chi connectivity index (χ0v) is 13.6. The smallest absolute Gasteiger partial charge is 0.354 e. The summed E-state index contributed by atoms with van der Waals surface area (Å²) in [5, 5.41) is 5.34. The Bertz CT molecular complexity index is 819. The Labute approximate surface area is 147 Å². The Balaban J connectivity index is 1.74. The third-order valence-corrected chi connectivity index (χ3v) is 4.12. The average molecular weight is 363 g/mol. The number of halogens is 3. The highest BCUT2D eigenvalue weighted by Crippen LogP contribution is 2.31. The number of hydrogen-bond acceptors (Lipinski definition) is 3. The van der Waals surface area contributed by atoms with E-state index in [-0.39, 0.29) is 11.6 Å². The maximum absolute atomic E-state index is 12.8. The van der Waals surface area contributed by atoms with Crippen molar-refractivity contribution in [1.82, 2.24) is 15.6 Å². The number of aromatic nitrogens is 1. The molecule has 0 spiro atoms. The Kier molecular flexibility index (Phi) is 4.92. The van der Waals surface area contributed by atoms with E-state index in [0.717, 1.165) is 24.8 Å². The van der Waals surface area contributed by atoms with Crippen molar-refractivity contribution in [1.29, 1.82) is 0 Å². The minimum Gasteiger partial charge on any atom is -0.354 e. The molecule has 136 valence electrons. The van der Waals surface area contributed by atoms with Gasteiger partial charge in [-0.1, -0.05) is 12.1 Å². The number of alkyl halides is 3. The zero-order chi connectivity index (χ0) is 18.7. The van der Waals surface area contributed by atoms with E-state index in [1.165, 1.54) is 24.3 Å². The van der Waals surface area contributed by atoms with Crippen LogP contribution in [0.3, 0.4) is 0 Å². The largest absolute Gasteiger partial charge is 0.416 e. The number of nitrogens with zero attached hydrogens (tertiary/aromatic N) is 1. The van der Waals surface area contributed by atoms with E-state index < -0.39 is 23.7 Å². The van der Waals surface area contributed by atoms with Gasteiger partial charge in [0.15, 0.2) is 0 Å². The van der Waals surface area contributed by atoms with Crippen LogP contribution in [0.25, 0.3) is 11.3 Å². The SMILES string of the molecule is O=C(N[C@H]1CCCNC1=O)c1ccc(-c2cc(C(F)(F)F)ccn2)cc1. The second-order valence-corrected chi connectivity index (χ2v) is 5.96. The van der Waals surface area contributed by atoms with Gasteiger partial charge in [0.05, 0.1) is 11.3 Å². The van der Waals surface area contributed by atoms with E-state index in [4.69, 9.17) is 0 Å². The van der Waals surface area contributed by atoms with Crippen molar-refractivity contribution in [3.8, 4) is 11.3 Å². The number of nitrogens with one attached hydrogen (secondary N) is 2. The lowest BCUT2D eigenvalue weighted by molar-refractivity contribution is -0.137. The van der Waals surface area contributed by atoms with Gasteiger partial charge >= 0.3 is 6.18 Å². The molecule has 1 atom stereocenters. The third-order valence-electron chi connectivity index (χ3n) is 4.12. The first-order valence-corrected chi connectivity index (χ1v) is 8.07. The van der Waals surface area contributed by atoms with Crippen molar-refractivity contribution in [2.45, 2.75) is 25.1 Å². The number of carbonyl (C=O) groups excluding carboxylic acids is 2. The van der Waals surface area contributed by atoms with Gasteiger partial charge in [0.1, 0.15) is 6.04 Å². The van der Waals surface area contributed by atoms with Crippen LogP contribution in [-0.4, -0.2) is 29.4 Å². The summed E-state index contributed by atoms with van der Waals surface area (Å²) in [5.74, 6) is -0.620. The van der Waals surface area contributed by atoms with E-state index >= 15 is 0 Å². The lowest BCUT2D eigenvalue weighted by atomic mass is 10.0. The molecule has 0 saturated carbocycles. The third kappa shape index (κ3) is 4.01. The van der Waals surface area contributed by atoms with Crippen molar-refractivity contribution < 1.29 is 22.8 Å². The molecule has 2 aromatic rings. The lowest BCUT2D eigenvalue weighted by Crippen LogP contribution is -2.50. The average Bonchev–Trinajstić information content (AvgIpc) is 2.63. The van der Waals surface area contributed by atoms with Crippen LogP contribution in [0.2, 0.25) is 0 Å². The summed E-state index contributed by atoms with van der Waals surface area (Å²) in [6, 6.07) is 7.33. The summed E-state index contributed by atoms with van der Waals surface area (Å²) in [4.78, 5) is 27.9. The van der Waals surface area contributed by atoms with Gasteiger partial charge in [-0.05, 0) is 37.1 Å². The van der Waals surface area contributed by atoms with Crippen LogP contribution in [-0.2, 0) is 11.0 Å². The molecule has 2 N–H and O–H groups in total. The molecule has 0 bridgehead atoms. The molecule has 1 aromatic carbocycles. The van der Waals surface area contributed by atoms with Gasteiger partial charge in [-0.25, -0.2) is 0 Å². The van der Waals surface area contributed by atoms with Gasteiger partial charge in [0.2, 0.25) is 5.91 Å². The van der Waals surface area contributed by atoms with Crippen LogP contribution in [0.5, 0.6) is 0 Å². The molecule has 1 fully saturated rings. The van der Waals surface area contributed by atoms with Crippen LogP contribution in [0, 0.1) is 0 Å². The van der Waals surface area contributed by atoms with Crippen LogP contribution < -0.4 is 10.6 Å². The molecule has 1 saturated heterocycles. The van der Waals surface area contributed by atoms with E-state index in [2.05, 4.69) is 15.6 Å². The number of rotatable bonds is 3. The maximum Gasteiger partial charge on any atom is 0.416 e. The number of piperidine rings is 1. The van der Waals surface area contributed by atoms with Gasteiger partial charge in [-0.2, -0.15) is 13.2 Å². The monoisotopic (exact) mass is 363 g/mol. The van der Waals surface area contributed by atoms with Crippen LogP contribution in [0.4, 0.5) is 13.2 Å². The zero-order valence-electron chi connectivity index (χ0n) is 13.6. The molecule has 2 heterocycles. The van der Waals surface area contributed by atoms with Crippen LogP contribution in [0.1, 0.15) is 28.8 Å². The number of pyridine rings is 1. The highest BCUT2D eigenvalue weighted by molar-refractivity contribution is 5.98. The molecule has 1 aliphatic rings. The van der Waals surface area contributed by atoms with Gasteiger partial charge in [0.25, 0.3) is 5.91 Å². The van der Waals surface area contributed by atoms with Crippen LogP contribution in [0.15, 0.2) is 42.6 Å². The Morgan fingerprint density at radius 1 is 1.19 bits per heavy atom. The molecule has 1 aromatic heterocycles. The number of benzene rings is 1. The molecule has 0 unspecified atom stereocenters. The van der Waals surface area contributed by atoms with Gasteiger partial charge in [-0.3, -0.25) is 14.6 Å². The fourth-order valence-electron chi connectivity index (χ4n) is 2.71. The minimum atomic E-state index is -4.45. The predicted octanol–water partition coefficient (Wildman–Crippen LogP) is 2.78. The van der Waals surface area contributed by atoms with E-state index in [1.807, 2.05) is 0 Å². The maximum atomic E-state index is 12.8. The highest BCUT2D eigenvalue weighted by atomic mass is 19.4. The molecule has 2 amide bonds. The Morgan fingerprint density at radius 2 is 1.92 bits per heavy atom. The summed E-state index contributed by atoms with van der Waals surface area (Å²) in [5.41, 5.74) is 0.160. The fraction of sp³-hybridized carbons (Fsp3) is 0.278. The van der Waals surface area contributed by atoms with Crippen molar-refractivity contribution in [2.24, 2.45) is 0 Å². The summed E-state index contributed by atoms with van der Waals surface area (Å²) < 4.78 is 38.4. The predicted molar refractivity (Wildman–Crippen MR) is 88.2 cm³/mol. The number of hydrogen-bond donors (Lipinski definition) is 2. The van der Waals surface area contributed by atoms with Crippen LogP contribution >= 0.6 is 0 Å².